The van der Waals surface area contributed by atoms with Gasteiger partial charge in [0.2, 0.25) is 11.1 Å². The van der Waals surface area contributed by atoms with Gasteiger partial charge in [-0.3, -0.25) is 9.59 Å². The fourth-order valence-electron chi connectivity index (χ4n) is 2.32. The minimum atomic E-state index is -0.577. The quantitative estimate of drug-likeness (QED) is 0.470. The maximum atomic E-state index is 13.1. The molecule has 2 aromatic carbocycles. The summed E-state index contributed by atoms with van der Waals surface area (Å²) in [5.74, 6) is 4.76. The Bertz CT molecular complexity index is 1060. The van der Waals surface area contributed by atoms with Crippen molar-refractivity contribution in [2.75, 3.05) is 16.9 Å². The third-order valence-corrected chi connectivity index (χ3v) is 4.91. The van der Waals surface area contributed by atoms with Crippen molar-refractivity contribution in [3.63, 3.8) is 0 Å². The number of hydrogen-bond donors (Lipinski definition) is 2. The van der Waals surface area contributed by atoms with Crippen molar-refractivity contribution in [3.8, 4) is 0 Å². The zero-order valence-corrected chi connectivity index (χ0v) is 16.0. The second kappa shape index (κ2) is 8.85. The largest absolute Gasteiger partial charge is 0.334 e. The highest BCUT2D eigenvalue weighted by Gasteiger charge is 2.13. The average molecular weight is 420 g/mol. The maximum Gasteiger partial charge on any atom is 0.294 e. The van der Waals surface area contributed by atoms with Crippen molar-refractivity contribution in [3.05, 3.63) is 81.0 Å². The molecule has 0 saturated carbocycles. The van der Waals surface area contributed by atoms with E-state index in [0.29, 0.717) is 12.1 Å². The number of nitrogens with one attached hydrogen (secondary N) is 1. The summed E-state index contributed by atoms with van der Waals surface area (Å²) in [5.41, 5.74) is 0.994. The standard InChI is InChI=1S/C18H15ClFN5O2S/c19-13-9-12(6-7-14(13)20)22-16(26)10-28-18-24-23-15(17(27)25(18)21)8-11-4-2-1-3-5-11/h1-7,9H,8,10,21H2,(H,22,26). The lowest BCUT2D eigenvalue weighted by Gasteiger charge is -2.08. The lowest BCUT2D eigenvalue weighted by molar-refractivity contribution is -0.113. The molecule has 144 valence electrons. The van der Waals surface area contributed by atoms with E-state index in [1.807, 2.05) is 30.3 Å². The van der Waals surface area contributed by atoms with Crippen molar-refractivity contribution in [1.82, 2.24) is 14.9 Å². The van der Waals surface area contributed by atoms with E-state index >= 15 is 0 Å². The number of anilines is 1. The summed E-state index contributed by atoms with van der Waals surface area (Å²) in [6, 6.07) is 13.2. The molecule has 7 nitrogen and oxygen atoms in total. The van der Waals surface area contributed by atoms with Crippen LogP contribution in [0.4, 0.5) is 10.1 Å². The number of halogens is 2. The van der Waals surface area contributed by atoms with E-state index in [-0.39, 0.29) is 21.6 Å². The number of carbonyl (C=O) groups is 1. The van der Waals surface area contributed by atoms with E-state index in [2.05, 4.69) is 15.5 Å². The number of rotatable bonds is 6. The van der Waals surface area contributed by atoms with Gasteiger partial charge in [-0.1, -0.05) is 53.7 Å². The van der Waals surface area contributed by atoms with Crippen LogP contribution in [0.25, 0.3) is 0 Å². The van der Waals surface area contributed by atoms with Crippen molar-refractivity contribution in [2.24, 2.45) is 0 Å². The molecule has 0 aliphatic rings. The molecule has 1 amide bonds. The van der Waals surface area contributed by atoms with Crippen LogP contribution in [-0.4, -0.2) is 26.5 Å². The predicted octanol–water partition coefficient (Wildman–Crippen LogP) is 2.47. The molecule has 0 spiro atoms. The third kappa shape index (κ3) is 4.87. The lowest BCUT2D eigenvalue weighted by Crippen LogP contribution is -2.34. The molecule has 0 unspecified atom stereocenters. The van der Waals surface area contributed by atoms with Crippen molar-refractivity contribution >= 4 is 35.0 Å². The molecular formula is C18H15ClFN5O2S. The predicted molar refractivity (Wildman–Crippen MR) is 106 cm³/mol. The number of amides is 1. The number of carbonyl (C=O) groups excluding carboxylic acids is 1. The summed E-state index contributed by atoms with van der Waals surface area (Å²) in [4.78, 5) is 24.4. The molecule has 0 fully saturated rings. The first kappa shape index (κ1) is 19.8. The highest BCUT2D eigenvalue weighted by molar-refractivity contribution is 7.99. The fourth-order valence-corrected chi connectivity index (χ4v) is 3.15. The first-order chi connectivity index (χ1) is 13.4. The van der Waals surface area contributed by atoms with E-state index in [0.717, 1.165) is 28.1 Å². The summed E-state index contributed by atoms with van der Waals surface area (Å²) in [6.45, 7) is 0. The van der Waals surface area contributed by atoms with E-state index < -0.39 is 17.3 Å². The summed E-state index contributed by atoms with van der Waals surface area (Å²) < 4.78 is 14.0. The van der Waals surface area contributed by atoms with Gasteiger partial charge in [0.1, 0.15) is 11.5 Å². The number of nitrogen functional groups attached to an aromatic ring is 1. The zero-order valence-electron chi connectivity index (χ0n) is 14.4. The molecular weight excluding hydrogens is 405 g/mol. The molecule has 28 heavy (non-hydrogen) atoms. The molecule has 0 bridgehead atoms. The van der Waals surface area contributed by atoms with E-state index in [4.69, 9.17) is 17.4 Å². The molecule has 3 rings (SSSR count). The molecule has 0 aliphatic carbocycles. The Morgan fingerprint density at radius 2 is 1.96 bits per heavy atom. The third-order valence-electron chi connectivity index (χ3n) is 3.68. The zero-order chi connectivity index (χ0) is 20.1. The summed E-state index contributed by atoms with van der Waals surface area (Å²) in [7, 11) is 0. The Labute approximate surface area is 168 Å². The Morgan fingerprint density at radius 1 is 1.21 bits per heavy atom. The number of hydrogen-bond acceptors (Lipinski definition) is 6. The van der Waals surface area contributed by atoms with Gasteiger partial charge < -0.3 is 11.2 Å². The number of aromatic nitrogens is 3. The molecule has 0 saturated heterocycles. The van der Waals surface area contributed by atoms with Crippen LogP contribution in [0.5, 0.6) is 0 Å². The summed E-state index contributed by atoms with van der Waals surface area (Å²) >= 11 is 6.63. The molecule has 10 heteroatoms. The normalized spacial score (nSPS) is 10.6. The molecule has 3 aromatic rings. The van der Waals surface area contributed by atoms with Gasteiger partial charge in [-0.05, 0) is 23.8 Å². The minimum absolute atomic E-state index is 0.0711. The highest BCUT2D eigenvalue weighted by Crippen LogP contribution is 2.20. The Kier molecular flexibility index (Phi) is 6.27. The molecule has 3 N–H and O–H groups in total. The van der Waals surface area contributed by atoms with Crippen molar-refractivity contribution in [1.29, 1.82) is 0 Å². The van der Waals surface area contributed by atoms with Gasteiger partial charge >= 0.3 is 0 Å². The summed E-state index contributed by atoms with van der Waals surface area (Å²) in [5, 5.41) is 10.5. The minimum Gasteiger partial charge on any atom is -0.334 e. The maximum absolute atomic E-state index is 13.1. The van der Waals surface area contributed by atoms with E-state index in [1.54, 1.807) is 0 Å². The van der Waals surface area contributed by atoms with Gasteiger partial charge in [-0.25, -0.2) is 4.39 Å². The fraction of sp³-hybridized carbons (Fsp3) is 0.111. The van der Waals surface area contributed by atoms with Gasteiger partial charge in [0.15, 0.2) is 0 Å². The Hall–Kier alpha value is -2.91. The van der Waals surface area contributed by atoms with Gasteiger partial charge in [0.05, 0.1) is 10.8 Å². The second-order valence-corrected chi connectivity index (χ2v) is 7.08. The Morgan fingerprint density at radius 3 is 2.68 bits per heavy atom. The average Bonchev–Trinajstić information content (AvgIpc) is 2.68. The van der Waals surface area contributed by atoms with Gasteiger partial charge in [0, 0.05) is 12.1 Å². The monoisotopic (exact) mass is 419 g/mol. The van der Waals surface area contributed by atoms with Crippen molar-refractivity contribution in [2.45, 2.75) is 11.6 Å². The van der Waals surface area contributed by atoms with Crippen LogP contribution in [0.15, 0.2) is 58.5 Å². The van der Waals surface area contributed by atoms with Crippen LogP contribution in [-0.2, 0) is 11.2 Å². The molecule has 0 aliphatic heterocycles. The molecule has 1 heterocycles. The van der Waals surface area contributed by atoms with Gasteiger partial charge in [-0.15, -0.1) is 10.2 Å². The van der Waals surface area contributed by atoms with Crippen LogP contribution in [0.2, 0.25) is 5.02 Å². The smallest absolute Gasteiger partial charge is 0.294 e. The van der Waals surface area contributed by atoms with Crippen LogP contribution in [0, 0.1) is 5.82 Å². The second-order valence-electron chi connectivity index (χ2n) is 5.73. The number of benzene rings is 2. The molecule has 0 atom stereocenters. The summed E-state index contributed by atoms with van der Waals surface area (Å²) in [6.07, 6.45) is 0.306. The van der Waals surface area contributed by atoms with Crippen LogP contribution < -0.4 is 16.7 Å². The van der Waals surface area contributed by atoms with Crippen molar-refractivity contribution < 1.29 is 9.18 Å². The Balaban J connectivity index is 1.64. The van der Waals surface area contributed by atoms with Crippen LogP contribution >= 0.6 is 23.4 Å². The number of thioether (sulfide) groups is 1. The van der Waals surface area contributed by atoms with Crippen LogP contribution in [0.1, 0.15) is 11.3 Å². The van der Waals surface area contributed by atoms with Gasteiger partial charge in [0.25, 0.3) is 5.56 Å². The number of nitrogens with two attached hydrogens (primary N) is 1. The topological polar surface area (TPSA) is 103 Å². The first-order valence-corrected chi connectivity index (χ1v) is 9.45. The molecule has 1 aromatic heterocycles. The SMILES string of the molecule is Nn1c(SCC(=O)Nc2ccc(F)c(Cl)c2)nnc(Cc2ccccc2)c1=O. The highest BCUT2D eigenvalue weighted by atomic mass is 35.5. The lowest BCUT2D eigenvalue weighted by atomic mass is 10.1. The van der Waals surface area contributed by atoms with Gasteiger partial charge in [-0.2, -0.15) is 4.68 Å². The number of nitrogens with zero attached hydrogens (tertiary/aromatic N) is 3. The van der Waals surface area contributed by atoms with E-state index in [1.165, 1.54) is 12.1 Å². The molecule has 0 radical (unpaired) electrons. The van der Waals surface area contributed by atoms with Crippen LogP contribution in [0.3, 0.4) is 0 Å². The van der Waals surface area contributed by atoms with E-state index in [9.17, 15) is 14.0 Å². The first-order valence-electron chi connectivity index (χ1n) is 8.09.